The molecule has 7 nitrogen and oxygen atoms in total. The first kappa shape index (κ1) is 18.7. The van der Waals surface area contributed by atoms with Gasteiger partial charge in [-0.05, 0) is 43.0 Å². The van der Waals surface area contributed by atoms with Crippen LogP contribution in [0.25, 0.3) is 11.0 Å². The fourth-order valence-electron chi connectivity index (χ4n) is 2.66. The van der Waals surface area contributed by atoms with Gasteiger partial charge in [0.05, 0.1) is 21.7 Å². The number of aryl methyl sites for hydroxylation is 1. The average molecular weight is 393 g/mol. The second kappa shape index (κ2) is 7.26. The van der Waals surface area contributed by atoms with Gasteiger partial charge in [0.15, 0.2) is 6.20 Å². The molecular weight excluding hydrogens is 372 g/mol. The first-order valence-electron chi connectivity index (χ1n) is 8.07. The third kappa shape index (κ3) is 3.42. The largest absolute Gasteiger partial charge is 0.618 e. The summed E-state index contributed by atoms with van der Waals surface area (Å²) in [5.41, 5.74) is 1.51. The lowest BCUT2D eigenvalue weighted by atomic mass is 10.3. The molecule has 1 aromatic carbocycles. The van der Waals surface area contributed by atoms with Gasteiger partial charge in [0.25, 0.3) is 5.03 Å². The molecule has 0 aliphatic rings. The number of hydrogen-bond acceptors (Lipinski definition) is 5. The quantitative estimate of drug-likeness (QED) is 0.365. The third-order valence-corrected chi connectivity index (χ3v) is 6.86. The average Bonchev–Trinajstić information content (AvgIpc) is 2.97. The van der Waals surface area contributed by atoms with Crippen molar-refractivity contribution in [3.63, 3.8) is 0 Å². The molecule has 0 aliphatic heterocycles. The Hall–Kier alpha value is -2.10. The highest BCUT2D eigenvalue weighted by atomic mass is 32.2. The highest BCUT2D eigenvalue weighted by Crippen LogP contribution is 2.25. The SMILES string of the molecule is CCn1c(CSc2cccc[n+]2[O-])nc2cc(S(=O)(=O)N(C)C)ccc21. The Bertz CT molecular complexity index is 1050. The summed E-state index contributed by atoms with van der Waals surface area (Å²) in [6.07, 6.45) is 1.46. The van der Waals surface area contributed by atoms with E-state index in [4.69, 9.17) is 0 Å². The van der Waals surface area contributed by atoms with Gasteiger partial charge in [0, 0.05) is 32.8 Å². The fraction of sp³-hybridized carbons (Fsp3) is 0.294. The normalized spacial score (nSPS) is 12.2. The monoisotopic (exact) mass is 392 g/mol. The van der Waals surface area contributed by atoms with Gasteiger partial charge in [-0.1, -0.05) is 0 Å². The van der Waals surface area contributed by atoms with Gasteiger partial charge in [0.2, 0.25) is 10.0 Å². The standard InChI is InChI=1S/C17H20N4O3S2/c1-4-20-15-9-8-13(26(23,24)19(2)3)11-14(15)18-16(20)12-25-17-7-5-6-10-21(17)22/h5-11H,4,12H2,1-3H3. The molecule has 3 rings (SSSR count). The summed E-state index contributed by atoms with van der Waals surface area (Å²) in [6.45, 7) is 2.72. The number of nitrogens with zero attached hydrogens (tertiary/aromatic N) is 4. The van der Waals surface area contributed by atoms with Gasteiger partial charge in [-0.2, -0.15) is 4.73 Å². The molecule has 0 fully saturated rings. The van der Waals surface area contributed by atoms with E-state index < -0.39 is 10.0 Å². The minimum atomic E-state index is -3.51. The Morgan fingerprint density at radius 2 is 2.04 bits per heavy atom. The van der Waals surface area contributed by atoms with Crippen LogP contribution >= 0.6 is 11.8 Å². The first-order chi connectivity index (χ1) is 12.3. The van der Waals surface area contributed by atoms with Gasteiger partial charge in [-0.3, -0.25) is 0 Å². The van der Waals surface area contributed by atoms with E-state index in [-0.39, 0.29) is 4.90 Å². The van der Waals surface area contributed by atoms with Crippen LogP contribution in [0.3, 0.4) is 0 Å². The molecule has 0 bridgehead atoms. The molecule has 0 saturated heterocycles. The van der Waals surface area contributed by atoms with Crippen molar-refractivity contribution in [1.82, 2.24) is 13.9 Å². The number of benzene rings is 1. The summed E-state index contributed by atoms with van der Waals surface area (Å²) < 4.78 is 28.7. The van der Waals surface area contributed by atoms with E-state index in [0.717, 1.165) is 16.1 Å². The molecule has 138 valence electrons. The van der Waals surface area contributed by atoms with Crippen LogP contribution in [0, 0.1) is 5.21 Å². The molecular formula is C17H20N4O3S2. The molecule has 0 radical (unpaired) electrons. The lowest BCUT2D eigenvalue weighted by Crippen LogP contribution is -2.27. The number of sulfonamides is 1. The number of aromatic nitrogens is 3. The van der Waals surface area contributed by atoms with Crippen LogP contribution in [0.15, 0.2) is 52.5 Å². The van der Waals surface area contributed by atoms with Crippen LogP contribution in [0.2, 0.25) is 0 Å². The molecule has 0 saturated carbocycles. The maximum Gasteiger partial charge on any atom is 0.251 e. The van der Waals surface area contributed by atoms with Crippen LogP contribution in [-0.2, 0) is 22.3 Å². The summed E-state index contributed by atoms with van der Waals surface area (Å²) >= 11 is 1.40. The van der Waals surface area contributed by atoms with Gasteiger partial charge in [-0.25, -0.2) is 17.7 Å². The molecule has 2 aromatic heterocycles. The van der Waals surface area contributed by atoms with E-state index in [1.54, 1.807) is 30.3 Å². The van der Waals surface area contributed by atoms with E-state index in [2.05, 4.69) is 4.98 Å². The van der Waals surface area contributed by atoms with Crippen LogP contribution in [-0.4, -0.2) is 36.4 Å². The van der Waals surface area contributed by atoms with Crippen molar-refractivity contribution >= 4 is 32.8 Å². The minimum Gasteiger partial charge on any atom is -0.618 e. The van der Waals surface area contributed by atoms with Crippen molar-refractivity contribution in [1.29, 1.82) is 0 Å². The number of rotatable bonds is 6. The molecule has 0 atom stereocenters. The molecule has 9 heteroatoms. The zero-order valence-corrected chi connectivity index (χ0v) is 16.4. The molecule has 0 N–H and O–H groups in total. The van der Waals surface area contributed by atoms with E-state index in [1.165, 1.54) is 36.4 Å². The van der Waals surface area contributed by atoms with Crippen molar-refractivity contribution in [2.45, 2.75) is 29.1 Å². The maximum atomic E-state index is 12.3. The Labute approximate surface area is 156 Å². The number of hydrogen-bond donors (Lipinski definition) is 0. The highest BCUT2D eigenvalue weighted by Gasteiger charge is 2.20. The summed E-state index contributed by atoms with van der Waals surface area (Å²) in [7, 11) is -0.497. The summed E-state index contributed by atoms with van der Waals surface area (Å²) in [4.78, 5) is 4.83. The smallest absolute Gasteiger partial charge is 0.251 e. The number of thioether (sulfide) groups is 1. The topological polar surface area (TPSA) is 82.1 Å². The van der Waals surface area contributed by atoms with Crippen LogP contribution in [0.1, 0.15) is 12.7 Å². The van der Waals surface area contributed by atoms with Crippen LogP contribution in [0.4, 0.5) is 0 Å². The second-order valence-electron chi connectivity index (χ2n) is 5.86. The zero-order chi connectivity index (χ0) is 18.9. The summed E-state index contributed by atoms with van der Waals surface area (Å²) in [5.74, 6) is 1.32. The number of pyridine rings is 1. The summed E-state index contributed by atoms with van der Waals surface area (Å²) in [5, 5.41) is 12.4. The predicted molar refractivity (Wildman–Crippen MR) is 101 cm³/mol. The lowest BCUT2D eigenvalue weighted by Gasteiger charge is -2.11. The van der Waals surface area contributed by atoms with Gasteiger partial charge < -0.3 is 9.77 Å². The van der Waals surface area contributed by atoms with E-state index >= 15 is 0 Å². The second-order valence-corrected chi connectivity index (χ2v) is 9.01. The Balaban J connectivity index is 1.97. The predicted octanol–water partition coefficient (Wildman–Crippen LogP) is 2.23. The van der Waals surface area contributed by atoms with Crippen LogP contribution < -0.4 is 4.73 Å². The maximum absolute atomic E-state index is 12.3. The van der Waals surface area contributed by atoms with Crippen molar-refractivity contribution in [2.75, 3.05) is 14.1 Å². The lowest BCUT2D eigenvalue weighted by molar-refractivity contribution is -0.645. The van der Waals surface area contributed by atoms with Crippen LogP contribution in [0.5, 0.6) is 0 Å². The molecule has 0 spiro atoms. The third-order valence-electron chi connectivity index (χ3n) is 4.03. The Morgan fingerprint density at radius 1 is 1.27 bits per heavy atom. The highest BCUT2D eigenvalue weighted by molar-refractivity contribution is 7.98. The van der Waals surface area contributed by atoms with E-state index in [1.807, 2.05) is 17.6 Å². The van der Waals surface area contributed by atoms with Gasteiger partial charge in [0.1, 0.15) is 5.82 Å². The molecule has 0 aliphatic carbocycles. The van der Waals surface area contributed by atoms with Crippen molar-refractivity contribution in [3.8, 4) is 0 Å². The number of fused-ring (bicyclic) bond motifs is 1. The fourth-order valence-corrected chi connectivity index (χ4v) is 4.44. The van der Waals surface area contributed by atoms with E-state index in [0.29, 0.717) is 22.8 Å². The van der Waals surface area contributed by atoms with Crippen molar-refractivity contribution in [3.05, 3.63) is 53.6 Å². The van der Waals surface area contributed by atoms with Gasteiger partial charge >= 0.3 is 0 Å². The van der Waals surface area contributed by atoms with Crippen molar-refractivity contribution in [2.24, 2.45) is 0 Å². The van der Waals surface area contributed by atoms with Gasteiger partial charge in [-0.15, -0.1) is 0 Å². The molecule has 0 unspecified atom stereocenters. The Morgan fingerprint density at radius 3 is 2.69 bits per heavy atom. The Kier molecular flexibility index (Phi) is 5.22. The molecule has 0 amide bonds. The molecule has 2 heterocycles. The van der Waals surface area contributed by atoms with E-state index in [9.17, 15) is 13.6 Å². The summed E-state index contributed by atoms with van der Waals surface area (Å²) in [6, 6.07) is 10.3. The minimum absolute atomic E-state index is 0.218. The first-order valence-corrected chi connectivity index (χ1v) is 10.5. The number of imidazole rings is 1. The van der Waals surface area contributed by atoms with Crippen molar-refractivity contribution < 1.29 is 13.1 Å². The molecule has 26 heavy (non-hydrogen) atoms. The molecule has 3 aromatic rings. The zero-order valence-electron chi connectivity index (χ0n) is 14.8.